The molecule has 3 aliphatic heterocycles. The second kappa shape index (κ2) is 6.31. The van der Waals surface area contributed by atoms with Crippen LogP contribution >= 0.6 is 0 Å². The van der Waals surface area contributed by atoms with Crippen LogP contribution < -0.4 is 5.32 Å². The summed E-state index contributed by atoms with van der Waals surface area (Å²) in [5, 5.41) is 13.2. The standard InChI is InChI=1S/C21H28N2O3/c1-3-11-22-21(15(2)19(24)25)14-20-10-6-4-8-16(20)13-23-12-7-5-9-17(23)18(20)26-21/h3,7,12-13,15,22H,1,4-6,8-11,14H2,2H3,(H,24,25). The highest BCUT2D eigenvalue weighted by Crippen LogP contribution is 2.62. The van der Waals surface area contributed by atoms with Crippen molar-refractivity contribution in [1.82, 2.24) is 10.2 Å². The normalized spacial score (nSPS) is 33.6. The van der Waals surface area contributed by atoms with E-state index in [1.165, 1.54) is 17.7 Å². The molecular formula is C21H28N2O3. The number of nitrogens with zero attached hydrogens (tertiary/aromatic N) is 1. The van der Waals surface area contributed by atoms with Crippen LogP contribution in [-0.2, 0) is 9.53 Å². The molecule has 0 aromatic carbocycles. The molecule has 140 valence electrons. The Hall–Kier alpha value is -2.01. The smallest absolute Gasteiger partial charge is 0.311 e. The molecule has 5 nitrogen and oxygen atoms in total. The summed E-state index contributed by atoms with van der Waals surface area (Å²) in [6, 6.07) is 0. The molecular weight excluding hydrogens is 328 g/mol. The van der Waals surface area contributed by atoms with Crippen molar-refractivity contribution in [3.8, 4) is 0 Å². The van der Waals surface area contributed by atoms with E-state index >= 15 is 0 Å². The van der Waals surface area contributed by atoms with Crippen LogP contribution in [-0.4, -0.2) is 28.2 Å². The number of hydrogen-bond donors (Lipinski definition) is 2. The van der Waals surface area contributed by atoms with Gasteiger partial charge in [-0.1, -0.05) is 18.6 Å². The van der Waals surface area contributed by atoms with Gasteiger partial charge in [-0.15, -0.1) is 6.58 Å². The van der Waals surface area contributed by atoms with Crippen LogP contribution in [0.15, 0.2) is 48.2 Å². The lowest BCUT2D eigenvalue weighted by Crippen LogP contribution is -2.53. The molecule has 2 N–H and O–H groups in total. The molecule has 1 spiro atoms. The summed E-state index contributed by atoms with van der Waals surface area (Å²) in [6.07, 6.45) is 15.4. The molecule has 2 fully saturated rings. The van der Waals surface area contributed by atoms with Gasteiger partial charge in [0.15, 0.2) is 5.72 Å². The van der Waals surface area contributed by atoms with E-state index in [1.807, 2.05) is 0 Å². The van der Waals surface area contributed by atoms with Gasteiger partial charge in [-0.25, -0.2) is 0 Å². The molecule has 1 saturated heterocycles. The lowest BCUT2D eigenvalue weighted by Gasteiger charge is -2.43. The number of carboxylic acid groups (broad SMARTS) is 1. The number of hydrogen-bond acceptors (Lipinski definition) is 4. The number of rotatable bonds is 5. The molecule has 3 unspecified atom stereocenters. The summed E-state index contributed by atoms with van der Waals surface area (Å²) in [5.74, 6) is -0.459. The van der Waals surface area contributed by atoms with Gasteiger partial charge in [-0.3, -0.25) is 10.1 Å². The third-order valence-electron chi connectivity index (χ3n) is 6.50. The SMILES string of the molecule is C=CCNC1(C(C)C(=O)O)CC23CCCCC2=CN2C=CCCC2=C3O1. The molecule has 3 heterocycles. The summed E-state index contributed by atoms with van der Waals surface area (Å²) in [4.78, 5) is 14.1. The predicted molar refractivity (Wildman–Crippen MR) is 99.7 cm³/mol. The summed E-state index contributed by atoms with van der Waals surface area (Å²) < 4.78 is 6.63. The fourth-order valence-electron chi connectivity index (χ4n) is 5.06. The minimum Gasteiger partial charge on any atom is -0.481 e. The van der Waals surface area contributed by atoms with Crippen LogP contribution in [0.2, 0.25) is 0 Å². The summed E-state index contributed by atoms with van der Waals surface area (Å²) >= 11 is 0. The van der Waals surface area contributed by atoms with Gasteiger partial charge in [-0.05, 0) is 44.6 Å². The summed E-state index contributed by atoms with van der Waals surface area (Å²) in [6.45, 7) is 6.07. The van der Waals surface area contributed by atoms with Crippen LogP contribution in [0, 0.1) is 11.3 Å². The van der Waals surface area contributed by atoms with Crippen molar-refractivity contribution in [2.75, 3.05) is 6.54 Å². The minimum absolute atomic E-state index is 0.146. The third-order valence-corrected chi connectivity index (χ3v) is 6.50. The van der Waals surface area contributed by atoms with Crippen LogP contribution in [0.25, 0.3) is 0 Å². The van der Waals surface area contributed by atoms with Gasteiger partial charge in [0, 0.05) is 25.4 Å². The van der Waals surface area contributed by atoms with Gasteiger partial charge in [-0.2, -0.15) is 0 Å². The molecule has 0 amide bonds. The van der Waals surface area contributed by atoms with E-state index in [0.29, 0.717) is 13.0 Å². The first-order chi connectivity index (χ1) is 12.5. The van der Waals surface area contributed by atoms with E-state index in [9.17, 15) is 9.90 Å². The molecule has 0 radical (unpaired) electrons. The molecule has 4 aliphatic rings. The zero-order valence-electron chi connectivity index (χ0n) is 15.5. The molecule has 1 saturated carbocycles. The van der Waals surface area contributed by atoms with E-state index in [1.54, 1.807) is 13.0 Å². The zero-order chi connectivity index (χ0) is 18.4. The first-order valence-electron chi connectivity index (χ1n) is 9.70. The number of aliphatic carboxylic acids is 1. The van der Waals surface area contributed by atoms with Gasteiger partial charge in [0.1, 0.15) is 11.7 Å². The summed E-state index contributed by atoms with van der Waals surface area (Å²) in [7, 11) is 0. The van der Waals surface area contributed by atoms with Crippen LogP contribution in [0.5, 0.6) is 0 Å². The highest BCUT2D eigenvalue weighted by Gasteiger charge is 2.61. The van der Waals surface area contributed by atoms with Gasteiger partial charge < -0.3 is 14.7 Å². The van der Waals surface area contributed by atoms with Gasteiger partial charge in [0.25, 0.3) is 0 Å². The number of ether oxygens (including phenoxy) is 1. The maximum Gasteiger partial charge on any atom is 0.311 e. The maximum absolute atomic E-state index is 11.9. The second-order valence-corrected chi connectivity index (χ2v) is 7.95. The molecule has 26 heavy (non-hydrogen) atoms. The van der Waals surface area contributed by atoms with Crippen molar-refractivity contribution in [1.29, 1.82) is 0 Å². The molecule has 0 aromatic rings. The lowest BCUT2D eigenvalue weighted by molar-refractivity contribution is -0.152. The molecule has 0 aromatic heterocycles. The molecule has 4 rings (SSSR count). The van der Waals surface area contributed by atoms with Crippen LogP contribution in [0.1, 0.15) is 51.9 Å². The fourth-order valence-corrected chi connectivity index (χ4v) is 5.06. The van der Waals surface area contributed by atoms with Crippen LogP contribution in [0.3, 0.4) is 0 Å². The van der Waals surface area contributed by atoms with E-state index in [2.05, 4.69) is 35.3 Å². The minimum atomic E-state index is -0.893. The number of allylic oxidation sites excluding steroid dienone is 3. The van der Waals surface area contributed by atoms with Gasteiger partial charge in [0.2, 0.25) is 0 Å². The highest BCUT2D eigenvalue weighted by molar-refractivity contribution is 5.71. The first kappa shape index (κ1) is 17.4. The average Bonchev–Trinajstić information content (AvgIpc) is 2.99. The Morgan fingerprint density at radius 3 is 3.12 bits per heavy atom. The van der Waals surface area contributed by atoms with Crippen molar-refractivity contribution in [2.24, 2.45) is 11.3 Å². The Kier molecular flexibility index (Phi) is 4.22. The van der Waals surface area contributed by atoms with E-state index in [-0.39, 0.29) is 5.41 Å². The lowest BCUT2D eigenvalue weighted by atomic mass is 9.64. The van der Waals surface area contributed by atoms with Crippen molar-refractivity contribution in [3.63, 3.8) is 0 Å². The average molecular weight is 356 g/mol. The largest absolute Gasteiger partial charge is 0.481 e. The maximum atomic E-state index is 11.9. The molecule has 5 heteroatoms. The van der Waals surface area contributed by atoms with Gasteiger partial charge in [0.05, 0.1) is 11.1 Å². The third kappa shape index (κ3) is 2.44. The monoisotopic (exact) mass is 356 g/mol. The highest BCUT2D eigenvalue weighted by atomic mass is 16.5. The summed E-state index contributed by atoms with van der Waals surface area (Å²) in [5.41, 5.74) is 1.57. The quantitative estimate of drug-likeness (QED) is 0.732. The van der Waals surface area contributed by atoms with Crippen LogP contribution in [0.4, 0.5) is 0 Å². The second-order valence-electron chi connectivity index (χ2n) is 7.95. The van der Waals surface area contributed by atoms with E-state index in [0.717, 1.165) is 37.9 Å². The Morgan fingerprint density at radius 1 is 1.50 bits per heavy atom. The molecule has 1 aliphatic carbocycles. The van der Waals surface area contributed by atoms with Crippen molar-refractivity contribution >= 4 is 5.97 Å². The zero-order valence-corrected chi connectivity index (χ0v) is 15.5. The number of fused-ring (bicyclic) bond motifs is 1. The first-order valence-corrected chi connectivity index (χ1v) is 9.70. The number of nitrogens with one attached hydrogen (secondary N) is 1. The van der Waals surface area contributed by atoms with Crippen molar-refractivity contribution in [2.45, 2.75) is 57.6 Å². The topological polar surface area (TPSA) is 61.8 Å². The van der Waals surface area contributed by atoms with E-state index in [4.69, 9.17) is 4.74 Å². The van der Waals surface area contributed by atoms with Crippen molar-refractivity contribution < 1.29 is 14.6 Å². The molecule has 0 bridgehead atoms. The Morgan fingerprint density at radius 2 is 2.35 bits per heavy atom. The number of carbonyl (C=O) groups is 1. The Bertz CT molecular complexity index is 723. The Balaban J connectivity index is 1.83. The fraction of sp³-hybridized carbons (Fsp3) is 0.571. The predicted octanol–water partition coefficient (Wildman–Crippen LogP) is 3.88. The number of carboxylic acids is 1. The van der Waals surface area contributed by atoms with Gasteiger partial charge >= 0.3 is 5.97 Å². The van der Waals surface area contributed by atoms with E-state index < -0.39 is 17.6 Å². The molecule has 3 atom stereocenters. The Labute approximate surface area is 155 Å². The van der Waals surface area contributed by atoms with Crippen molar-refractivity contribution in [3.05, 3.63) is 48.2 Å².